The van der Waals surface area contributed by atoms with Gasteiger partial charge in [0.15, 0.2) is 0 Å². The molecule has 3 aliphatic rings. The first-order valence-corrected chi connectivity index (χ1v) is 15.7. The highest BCUT2D eigenvalue weighted by Gasteiger charge is 2.45. The maximum Gasteiger partial charge on any atom is 0.319 e. The van der Waals surface area contributed by atoms with Crippen LogP contribution in [-0.4, -0.2) is 86.9 Å². The second kappa shape index (κ2) is 14.1. The number of hydrogen-bond acceptors (Lipinski definition) is 7. The summed E-state index contributed by atoms with van der Waals surface area (Å²) < 4.78 is 70.8. The summed E-state index contributed by atoms with van der Waals surface area (Å²) in [6.45, 7) is 1.48. The molecule has 45 heavy (non-hydrogen) atoms. The lowest BCUT2D eigenvalue weighted by Crippen LogP contribution is -2.49. The highest BCUT2D eigenvalue weighted by Crippen LogP contribution is 2.46. The van der Waals surface area contributed by atoms with Gasteiger partial charge in [0, 0.05) is 62.9 Å². The molecule has 2 aliphatic heterocycles. The topological polar surface area (TPSA) is 84.4 Å². The highest BCUT2D eigenvalue weighted by molar-refractivity contribution is 5.68. The number of likely N-dealkylation sites (tertiary alicyclic amines) is 1. The van der Waals surface area contributed by atoms with Crippen molar-refractivity contribution in [3.63, 3.8) is 0 Å². The predicted octanol–water partition coefficient (Wildman–Crippen LogP) is 6.19. The molecule has 248 valence electrons. The van der Waals surface area contributed by atoms with Gasteiger partial charge in [-0.25, -0.2) is 13.8 Å². The van der Waals surface area contributed by atoms with E-state index in [4.69, 9.17) is 14.2 Å². The van der Waals surface area contributed by atoms with Gasteiger partial charge in [0.05, 0.1) is 32.3 Å². The molecule has 1 atom stereocenters. The van der Waals surface area contributed by atoms with E-state index in [9.17, 15) is 27.5 Å². The molecule has 1 aliphatic carbocycles. The van der Waals surface area contributed by atoms with Gasteiger partial charge in [-0.15, -0.1) is 0 Å². The minimum absolute atomic E-state index is 0.0191. The molecule has 1 N–H and O–H groups in total. The van der Waals surface area contributed by atoms with Crippen molar-refractivity contribution in [3.8, 4) is 11.6 Å². The molecule has 1 unspecified atom stereocenters. The standard InChI is InChI=1S/C33H43F4N3O5/c1-43-25-5-6-27(32(44-2)10-15-39(16-11-32)21-33(36,37)31(34)35)28(18-25)40-13-8-22(9-14-40)20-45-29-17-24(7-12-38-29)26(19-30(41)42)23-3-4-23/h5-7,12,17-18,22-23,26,31H,3-4,8-11,13-16,19-21H2,1-2H3,(H,41,42). The molecular formula is C33H43F4N3O5. The number of carboxylic acid groups (broad SMARTS) is 1. The molecular weight excluding hydrogens is 594 g/mol. The minimum Gasteiger partial charge on any atom is -0.497 e. The average Bonchev–Trinajstić information content (AvgIpc) is 3.89. The zero-order chi connectivity index (χ0) is 32.2. The molecule has 12 heteroatoms. The monoisotopic (exact) mass is 637 g/mol. The molecule has 1 aromatic carbocycles. The lowest BCUT2D eigenvalue weighted by Gasteiger charge is -2.44. The maximum atomic E-state index is 13.7. The van der Waals surface area contributed by atoms with Crippen LogP contribution in [0.1, 0.15) is 62.0 Å². The summed E-state index contributed by atoms with van der Waals surface area (Å²) >= 11 is 0. The SMILES string of the molecule is COc1ccc(C2(OC)CCN(CC(F)(F)C(F)F)CC2)c(N2CCC(COc3cc(C(CC(=O)O)C4CC4)ccn3)CC2)c1. The summed E-state index contributed by atoms with van der Waals surface area (Å²) in [5.74, 6) is -2.95. The van der Waals surface area contributed by atoms with Crippen molar-refractivity contribution in [1.29, 1.82) is 0 Å². The molecule has 0 amide bonds. The van der Waals surface area contributed by atoms with E-state index in [1.165, 1.54) is 4.90 Å². The molecule has 3 heterocycles. The summed E-state index contributed by atoms with van der Waals surface area (Å²) in [5, 5.41) is 9.37. The van der Waals surface area contributed by atoms with Crippen LogP contribution < -0.4 is 14.4 Å². The number of alkyl halides is 4. The number of aromatic nitrogens is 1. The third kappa shape index (κ3) is 8.00. The lowest BCUT2D eigenvalue weighted by atomic mass is 9.82. The van der Waals surface area contributed by atoms with Crippen LogP contribution in [-0.2, 0) is 15.1 Å². The van der Waals surface area contributed by atoms with E-state index in [2.05, 4.69) is 9.88 Å². The van der Waals surface area contributed by atoms with Gasteiger partial charge >= 0.3 is 18.3 Å². The quantitative estimate of drug-likeness (QED) is 0.246. The first-order valence-electron chi connectivity index (χ1n) is 15.7. The number of methoxy groups -OCH3 is 2. The lowest BCUT2D eigenvalue weighted by molar-refractivity contribution is -0.151. The minimum atomic E-state index is -4.05. The Morgan fingerprint density at radius 2 is 1.78 bits per heavy atom. The molecule has 5 rings (SSSR count). The third-order valence-corrected chi connectivity index (χ3v) is 9.70. The van der Waals surface area contributed by atoms with Gasteiger partial charge in [0.2, 0.25) is 5.88 Å². The molecule has 3 fully saturated rings. The Balaban J connectivity index is 1.22. The zero-order valence-electron chi connectivity index (χ0n) is 25.9. The number of halogens is 4. The van der Waals surface area contributed by atoms with Crippen molar-refractivity contribution in [3.05, 3.63) is 47.7 Å². The largest absolute Gasteiger partial charge is 0.497 e. The molecule has 0 radical (unpaired) electrons. The summed E-state index contributed by atoms with van der Waals surface area (Å²) in [6, 6.07) is 9.58. The number of aliphatic carboxylic acids is 1. The Labute approximate surface area is 261 Å². The second-order valence-corrected chi connectivity index (χ2v) is 12.6. The highest BCUT2D eigenvalue weighted by atomic mass is 19.3. The molecule has 1 aromatic heterocycles. The summed E-state index contributed by atoms with van der Waals surface area (Å²) in [6.07, 6.45) is 2.73. The van der Waals surface area contributed by atoms with Gasteiger partial charge < -0.3 is 24.2 Å². The number of benzene rings is 1. The van der Waals surface area contributed by atoms with Crippen molar-refractivity contribution >= 4 is 11.7 Å². The number of hydrogen-bond donors (Lipinski definition) is 1. The molecule has 8 nitrogen and oxygen atoms in total. The van der Waals surface area contributed by atoms with Gasteiger partial charge in [-0.1, -0.05) is 6.07 Å². The Kier molecular flexibility index (Phi) is 10.4. The Bertz CT molecular complexity index is 1290. The van der Waals surface area contributed by atoms with Gasteiger partial charge in [0.25, 0.3) is 0 Å². The summed E-state index contributed by atoms with van der Waals surface area (Å²) in [5.41, 5.74) is 2.12. The van der Waals surface area contributed by atoms with Gasteiger partial charge in [0.1, 0.15) is 5.75 Å². The van der Waals surface area contributed by atoms with Crippen LogP contribution in [0, 0.1) is 11.8 Å². The fraction of sp³-hybridized carbons (Fsp3) is 0.636. The van der Waals surface area contributed by atoms with Gasteiger partial charge in [-0.05, 0) is 74.0 Å². The molecule has 2 aromatic rings. The third-order valence-electron chi connectivity index (χ3n) is 9.70. The van der Waals surface area contributed by atoms with Crippen molar-refractivity contribution in [2.45, 2.75) is 68.8 Å². The number of ether oxygens (including phenoxy) is 3. The van der Waals surface area contributed by atoms with E-state index in [-0.39, 0.29) is 25.4 Å². The van der Waals surface area contributed by atoms with E-state index in [0.29, 0.717) is 42.9 Å². The number of rotatable bonds is 14. The average molecular weight is 638 g/mol. The fourth-order valence-electron chi connectivity index (χ4n) is 6.83. The molecule has 1 saturated carbocycles. The number of nitrogens with zero attached hydrogens (tertiary/aromatic N) is 3. The van der Waals surface area contributed by atoms with Crippen LogP contribution in [0.25, 0.3) is 0 Å². The van der Waals surface area contributed by atoms with E-state index in [0.717, 1.165) is 55.6 Å². The van der Waals surface area contributed by atoms with Crippen LogP contribution in [0.15, 0.2) is 36.5 Å². The molecule has 0 spiro atoms. The van der Waals surface area contributed by atoms with Crippen molar-refractivity contribution in [1.82, 2.24) is 9.88 Å². The van der Waals surface area contributed by atoms with Crippen LogP contribution in [0.3, 0.4) is 0 Å². The van der Waals surface area contributed by atoms with Crippen LogP contribution in [0.4, 0.5) is 23.2 Å². The summed E-state index contributed by atoms with van der Waals surface area (Å²) in [7, 11) is 3.21. The first kappa shape index (κ1) is 33.2. The predicted molar refractivity (Wildman–Crippen MR) is 161 cm³/mol. The van der Waals surface area contributed by atoms with E-state index < -0.39 is 30.5 Å². The van der Waals surface area contributed by atoms with E-state index in [1.54, 1.807) is 20.4 Å². The second-order valence-electron chi connectivity index (χ2n) is 12.6. The number of anilines is 1. The van der Waals surface area contributed by atoms with E-state index >= 15 is 0 Å². The van der Waals surface area contributed by atoms with Crippen molar-refractivity contribution in [2.75, 3.05) is 58.5 Å². The van der Waals surface area contributed by atoms with Gasteiger partial charge in [-0.3, -0.25) is 9.69 Å². The molecule has 2 saturated heterocycles. The number of carbonyl (C=O) groups is 1. The van der Waals surface area contributed by atoms with Gasteiger partial charge in [-0.2, -0.15) is 8.78 Å². The van der Waals surface area contributed by atoms with Crippen LogP contribution >= 0.6 is 0 Å². The summed E-state index contributed by atoms with van der Waals surface area (Å²) in [4.78, 5) is 19.5. The smallest absolute Gasteiger partial charge is 0.319 e. The fourth-order valence-corrected chi connectivity index (χ4v) is 6.83. The zero-order valence-corrected chi connectivity index (χ0v) is 25.9. The number of piperidine rings is 2. The first-order chi connectivity index (χ1) is 21.5. The number of pyridine rings is 1. The number of carboxylic acids is 1. The Hall–Kier alpha value is -3.12. The normalized spacial score (nSPS) is 20.3. The Morgan fingerprint density at radius 3 is 2.38 bits per heavy atom. The van der Waals surface area contributed by atoms with Crippen molar-refractivity contribution < 1.29 is 41.7 Å². The maximum absolute atomic E-state index is 13.7. The molecule has 0 bridgehead atoms. The van der Waals surface area contributed by atoms with E-state index in [1.807, 2.05) is 30.3 Å². The van der Waals surface area contributed by atoms with Crippen LogP contribution in [0.5, 0.6) is 11.6 Å². The van der Waals surface area contributed by atoms with Crippen molar-refractivity contribution in [2.24, 2.45) is 11.8 Å². The van der Waals surface area contributed by atoms with Crippen LogP contribution in [0.2, 0.25) is 0 Å². The Morgan fingerprint density at radius 1 is 1.07 bits per heavy atom.